The molecule has 1 atom stereocenters. The maximum absolute atomic E-state index is 12.8. The SMILES string of the molecule is CC/C=C\C/C=C\C/C=C\C/C=C\C/C=C\CCCCCCCCCCCC(=O)OCC(COC(=O)CCCCCCCC)OC(=O)CCCCCCCCCCCCCCCCC. The van der Waals surface area contributed by atoms with Gasteiger partial charge in [-0.15, -0.1) is 0 Å². The average molecular weight is 895 g/mol. The van der Waals surface area contributed by atoms with Crippen LogP contribution < -0.4 is 0 Å². The van der Waals surface area contributed by atoms with Crippen LogP contribution in [-0.2, 0) is 28.6 Å². The molecule has 0 aromatic heterocycles. The first-order chi connectivity index (χ1) is 31.5. The van der Waals surface area contributed by atoms with Crippen molar-refractivity contribution in [3.05, 3.63) is 60.8 Å². The largest absolute Gasteiger partial charge is 0.462 e. The van der Waals surface area contributed by atoms with Gasteiger partial charge in [0.1, 0.15) is 13.2 Å². The van der Waals surface area contributed by atoms with Crippen molar-refractivity contribution in [2.45, 2.75) is 277 Å². The van der Waals surface area contributed by atoms with E-state index in [1.54, 1.807) is 0 Å². The number of carbonyl (C=O) groups is 3. The van der Waals surface area contributed by atoms with Crippen molar-refractivity contribution in [3.63, 3.8) is 0 Å². The van der Waals surface area contributed by atoms with Crippen LogP contribution in [0.1, 0.15) is 271 Å². The van der Waals surface area contributed by atoms with Crippen molar-refractivity contribution in [1.82, 2.24) is 0 Å². The van der Waals surface area contributed by atoms with Crippen molar-refractivity contribution in [2.24, 2.45) is 0 Å². The van der Waals surface area contributed by atoms with Gasteiger partial charge in [-0.05, 0) is 64.2 Å². The van der Waals surface area contributed by atoms with E-state index in [0.29, 0.717) is 19.3 Å². The summed E-state index contributed by atoms with van der Waals surface area (Å²) in [7, 11) is 0. The van der Waals surface area contributed by atoms with Gasteiger partial charge < -0.3 is 14.2 Å². The minimum Gasteiger partial charge on any atom is -0.462 e. The Bertz CT molecular complexity index is 1170. The fourth-order valence-corrected chi connectivity index (χ4v) is 7.70. The molecule has 0 amide bonds. The van der Waals surface area contributed by atoms with Crippen molar-refractivity contribution in [3.8, 4) is 0 Å². The summed E-state index contributed by atoms with van der Waals surface area (Å²) in [6.07, 6.45) is 65.2. The van der Waals surface area contributed by atoms with E-state index in [1.807, 2.05) is 0 Å². The molecule has 6 heteroatoms. The Morgan fingerprint density at radius 3 is 0.953 bits per heavy atom. The molecule has 0 bridgehead atoms. The molecule has 0 aromatic carbocycles. The van der Waals surface area contributed by atoms with Crippen LogP contribution in [0.2, 0.25) is 0 Å². The number of unbranched alkanes of at least 4 members (excludes halogenated alkanes) is 28. The smallest absolute Gasteiger partial charge is 0.306 e. The standard InChI is InChI=1S/C58H102O6/c1-4-7-10-13-16-18-20-22-24-25-26-27-28-29-30-31-32-33-35-36-38-40-42-45-48-51-57(60)63-54-55(53-62-56(59)50-47-44-15-12-9-6-3)64-58(61)52-49-46-43-41-39-37-34-23-21-19-17-14-11-8-5-2/h7,10,16,18,22,24,26-27,29-30,55H,4-6,8-9,11-15,17,19-21,23,25,28,31-54H2,1-3H3/b10-7-,18-16-,24-22-,27-26-,30-29-. The molecule has 0 N–H and O–H groups in total. The minimum atomic E-state index is -0.770. The molecular formula is C58H102O6. The fourth-order valence-electron chi connectivity index (χ4n) is 7.70. The van der Waals surface area contributed by atoms with E-state index in [9.17, 15) is 14.4 Å². The lowest BCUT2D eigenvalue weighted by atomic mass is 10.0. The van der Waals surface area contributed by atoms with E-state index in [4.69, 9.17) is 14.2 Å². The van der Waals surface area contributed by atoms with Gasteiger partial charge in [-0.3, -0.25) is 14.4 Å². The number of rotatable bonds is 49. The summed E-state index contributed by atoms with van der Waals surface area (Å²) >= 11 is 0. The average Bonchev–Trinajstić information content (AvgIpc) is 3.29. The molecule has 0 aliphatic heterocycles. The molecule has 64 heavy (non-hydrogen) atoms. The molecule has 0 saturated heterocycles. The molecule has 0 aromatic rings. The number of hydrogen-bond donors (Lipinski definition) is 0. The lowest BCUT2D eigenvalue weighted by Gasteiger charge is -2.18. The van der Waals surface area contributed by atoms with Crippen molar-refractivity contribution in [1.29, 1.82) is 0 Å². The monoisotopic (exact) mass is 895 g/mol. The number of esters is 3. The highest BCUT2D eigenvalue weighted by Crippen LogP contribution is 2.16. The lowest BCUT2D eigenvalue weighted by Crippen LogP contribution is -2.30. The maximum Gasteiger partial charge on any atom is 0.306 e. The first-order valence-electron chi connectivity index (χ1n) is 27.3. The maximum atomic E-state index is 12.8. The van der Waals surface area contributed by atoms with Crippen LogP contribution in [-0.4, -0.2) is 37.2 Å². The van der Waals surface area contributed by atoms with E-state index in [2.05, 4.69) is 81.5 Å². The Balaban J connectivity index is 4.14. The van der Waals surface area contributed by atoms with Crippen molar-refractivity contribution in [2.75, 3.05) is 13.2 Å². The Morgan fingerprint density at radius 2 is 0.609 bits per heavy atom. The van der Waals surface area contributed by atoms with Crippen LogP contribution >= 0.6 is 0 Å². The van der Waals surface area contributed by atoms with Crippen molar-refractivity contribution < 1.29 is 28.6 Å². The molecule has 0 aliphatic carbocycles. The van der Waals surface area contributed by atoms with Crippen LogP contribution in [0.4, 0.5) is 0 Å². The summed E-state index contributed by atoms with van der Waals surface area (Å²) < 4.78 is 16.7. The summed E-state index contributed by atoms with van der Waals surface area (Å²) in [5.41, 5.74) is 0. The van der Waals surface area contributed by atoms with Gasteiger partial charge >= 0.3 is 17.9 Å². The molecule has 6 nitrogen and oxygen atoms in total. The summed E-state index contributed by atoms with van der Waals surface area (Å²) in [5.74, 6) is -0.881. The third-order valence-electron chi connectivity index (χ3n) is 11.8. The van der Waals surface area contributed by atoms with Gasteiger partial charge in [0.25, 0.3) is 0 Å². The van der Waals surface area contributed by atoms with E-state index in [-0.39, 0.29) is 31.1 Å². The Labute approximate surface area is 396 Å². The van der Waals surface area contributed by atoms with Gasteiger partial charge in [0.15, 0.2) is 6.10 Å². The topological polar surface area (TPSA) is 78.9 Å². The summed E-state index contributed by atoms with van der Waals surface area (Å²) in [5, 5.41) is 0. The van der Waals surface area contributed by atoms with E-state index in [1.165, 1.54) is 135 Å². The molecule has 0 radical (unpaired) electrons. The van der Waals surface area contributed by atoms with Gasteiger partial charge in [-0.25, -0.2) is 0 Å². The van der Waals surface area contributed by atoms with Crippen LogP contribution in [0.5, 0.6) is 0 Å². The molecular weight excluding hydrogens is 793 g/mol. The van der Waals surface area contributed by atoms with Crippen LogP contribution in [0.15, 0.2) is 60.8 Å². The van der Waals surface area contributed by atoms with E-state index < -0.39 is 6.10 Å². The molecule has 0 saturated carbocycles. The quantitative estimate of drug-likeness (QED) is 0.0262. The second-order valence-electron chi connectivity index (χ2n) is 18.1. The summed E-state index contributed by atoms with van der Waals surface area (Å²) in [4.78, 5) is 37.8. The minimum absolute atomic E-state index is 0.0735. The van der Waals surface area contributed by atoms with Crippen LogP contribution in [0, 0.1) is 0 Å². The van der Waals surface area contributed by atoms with Crippen LogP contribution in [0.25, 0.3) is 0 Å². The fraction of sp³-hybridized carbons (Fsp3) is 0.776. The normalized spacial score (nSPS) is 12.5. The van der Waals surface area contributed by atoms with Gasteiger partial charge in [-0.2, -0.15) is 0 Å². The van der Waals surface area contributed by atoms with E-state index >= 15 is 0 Å². The molecule has 370 valence electrons. The summed E-state index contributed by atoms with van der Waals surface area (Å²) in [6, 6.07) is 0. The zero-order chi connectivity index (χ0) is 46.5. The molecule has 0 aliphatic rings. The number of carbonyl (C=O) groups excluding carboxylic acids is 3. The van der Waals surface area contributed by atoms with Gasteiger partial charge in [-0.1, -0.05) is 248 Å². The molecule has 0 heterocycles. The zero-order valence-corrected chi connectivity index (χ0v) is 42.3. The van der Waals surface area contributed by atoms with Gasteiger partial charge in [0, 0.05) is 19.3 Å². The Kier molecular flexibility index (Phi) is 50.4. The molecule has 1 unspecified atom stereocenters. The first-order valence-corrected chi connectivity index (χ1v) is 27.3. The lowest BCUT2D eigenvalue weighted by molar-refractivity contribution is -0.167. The second-order valence-corrected chi connectivity index (χ2v) is 18.1. The predicted octanol–water partition coefficient (Wildman–Crippen LogP) is 18.0. The second kappa shape index (κ2) is 52.7. The highest BCUT2D eigenvalue weighted by molar-refractivity contribution is 5.71. The molecule has 0 rings (SSSR count). The van der Waals surface area contributed by atoms with E-state index in [0.717, 1.165) is 96.3 Å². The summed E-state index contributed by atoms with van der Waals surface area (Å²) in [6.45, 7) is 6.48. The van der Waals surface area contributed by atoms with Gasteiger partial charge in [0.2, 0.25) is 0 Å². The molecule has 0 fully saturated rings. The highest BCUT2D eigenvalue weighted by atomic mass is 16.6. The predicted molar refractivity (Wildman–Crippen MR) is 275 cm³/mol. The third kappa shape index (κ3) is 50.1. The zero-order valence-electron chi connectivity index (χ0n) is 42.3. The Morgan fingerprint density at radius 1 is 0.328 bits per heavy atom. The van der Waals surface area contributed by atoms with Gasteiger partial charge in [0.05, 0.1) is 0 Å². The Hall–Kier alpha value is -2.89. The number of hydrogen-bond acceptors (Lipinski definition) is 6. The highest BCUT2D eigenvalue weighted by Gasteiger charge is 2.19. The van der Waals surface area contributed by atoms with Crippen LogP contribution in [0.3, 0.4) is 0 Å². The number of ether oxygens (including phenoxy) is 3. The van der Waals surface area contributed by atoms with Crippen molar-refractivity contribution >= 4 is 17.9 Å². The third-order valence-corrected chi connectivity index (χ3v) is 11.8. The number of allylic oxidation sites excluding steroid dienone is 10. The first kappa shape index (κ1) is 61.1. The molecule has 0 spiro atoms.